The zero-order chi connectivity index (χ0) is 18.6. The van der Waals surface area contributed by atoms with Crippen molar-refractivity contribution in [3.63, 3.8) is 0 Å². The average molecular weight is 370 g/mol. The van der Waals surface area contributed by atoms with Gasteiger partial charge in [-0.05, 0) is 61.3 Å². The number of rotatable bonds is 6. The molecule has 1 saturated heterocycles. The number of amides is 1. The van der Waals surface area contributed by atoms with Crippen LogP contribution in [-0.4, -0.2) is 37.2 Å². The highest BCUT2D eigenvalue weighted by atomic mass is 19.1. The molecule has 0 aromatic heterocycles. The van der Waals surface area contributed by atoms with Gasteiger partial charge in [-0.1, -0.05) is 18.2 Å². The Morgan fingerprint density at radius 2 is 1.81 bits per heavy atom. The minimum atomic E-state index is -0.295. The molecule has 1 atom stereocenters. The molecular formula is C21H23FN2O3. The molecular weight excluding hydrogens is 347 g/mol. The number of nitrogens with one attached hydrogen (secondary N) is 1. The van der Waals surface area contributed by atoms with Crippen molar-refractivity contribution in [2.24, 2.45) is 0 Å². The third kappa shape index (κ3) is 4.22. The molecule has 27 heavy (non-hydrogen) atoms. The fourth-order valence-electron chi connectivity index (χ4n) is 3.69. The molecule has 2 heterocycles. The van der Waals surface area contributed by atoms with E-state index in [1.807, 2.05) is 18.2 Å². The van der Waals surface area contributed by atoms with Gasteiger partial charge < -0.3 is 14.8 Å². The average Bonchev–Trinajstić information content (AvgIpc) is 3.35. The van der Waals surface area contributed by atoms with Crippen LogP contribution in [-0.2, 0) is 11.2 Å². The van der Waals surface area contributed by atoms with E-state index in [9.17, 15) is 9.18 Å². The summed E-state index contributed by atoms with van der Waals surface area (Å²) in [5.41, 5.74) is 1.91. The van der Waals surface area contributed by atoms with Crippen molar-refractivity contribution in [3.8, 4) is 11.5 Å². The number of carbonyl (C=O) groups is 1. The number of hydrogen-bond acceptors (Lipinski definition) is 4. The van der Waals surface area contributed by atoms with Gasteiger partial charge in [-0.25, -0.2) is 4.39 Å². The maximum Gasteiger partial charge on any atom is 0.231 e. The molecule has 2 aromatic carbocycles. The molecule has 2 aliphatic rings. The lowest BCUT2D eigenvalue weighted by molar-refractivity contribution is -0.120. The fraction of sp³-hybridized carbons (Fsp3) is 0.381. The first kappa shape index (κ1) is 17.8. The predicted molar refractivity (Wildman–Crippen MR) is 99.2 cm³/mol. The third-order valence-corrected chi connectivity index (χ3v) is 5.13. The predicted octanol–water partition coefficient (Wildman–Crippen LogP) is 3.05. The molecule has 0 aliphatic carbocycles. The van der Waals surface area contributed by atoms with Crippen LogP contribution in [0, 0.1) is 5.82 Å². The van der Waals surface area contributed by atoms with Gasteiger partial charge in [0.2, 0.25) is 12.7 Å². The van der Waals surface area contributed by atoms with Gasteiger partial charge in [-0.2, -0.15) is 0 Å². The first-order chi connectivity index (χ1) is 13.2. The zero-order valence-electron chi connectivity index (χ0n) is 15.1. The molecule has 4 rings (SSSR count). The molecule has 142 valence electrons. The number of benzene rings is 2. The van der Waals surface area contributed by atoms with Crippen molar-refractivity contribution in [1.82, 2.24) is 10.2 Å². The van der Waals surface area contributed by atoms with E-state index in [1.54, 1.807) is 12.1 Å². The van der Waals surface area contributed by atoms with Crippen LogP contribution in [0.15, 0.2) is 42.5 Å². The van der Waals surface area contributed by atoms with Crippen LogP contribution in [0.25, 0.3) is 0 Å². The first-order valence-corrected chi connectivity index (χ1v) is 9.34. The number of halogens is 1. The summed E-state index contributed by atoms with van der Waals surface area (Å²) in [6.45, 7) is 2.82. The van der Waals surface area contributed by atoms with Crippen LogP contribution in [0.1, 0.15) is 30.0 Å². The normalized spacial score (nSPS) is 17.1. The summed E-state index contributed by atoms with van der Waals surface area (Å²) in [6, 6.07) is 12.1. The van der Waals surface area contributed by atoms with E-state index in [1.165, 1.54) is 25.0 Å². The number of carbonyl (C=O) groups excluding carboxylic acids is 1. The molecule has 0 bridgehead atoms. The lowest BCUT2D eigenvalue weighted by Gasteiger charge is -2.28. The number of ether oxygens (including phenoxy) is 2. The monoisotopic (exact) mass is 370 g/mol. The van der Waals surface area contributed by atoms with E-state index in [-0.39, 0.29) is 31.0 Å². The molecule has 1 N–H and O–H groups in total. The molecule has 6 heteroatoms. The van der Waals surface area contributed by atoms with Crippen molar-refractivity contribution in [2.75, 3.05) is 26.4 Å². The van der Waals surface area contributed by atoms with Crippen LogP contribution >= 0.6 is 0 Å². The van der Waals surface area contributed by atoms with E-state index in [2.05, 4.69) is 10.2 Å². The van der Waals surface area contributed by atoms with Gasteiger partial charge in [-0.15, -0.1) is 0 Å². The first-order valence-electron chi connectivity index (χ1n) is 9.34. The summed E-state index contributed by atoms with van der Waals surface area (Å²) in [6.07, 6.45) is 2.59. The van der Waals surface area contributed by atoms with Crippen LogP contribution in [0.5, 0.6) is 11.5 Å². The lowest BCUT2D eigenvalue weighted by atomic mass is 10.0. The van der Waals surface area contributed by atoms with E-state index in [4.69, 9.17) is 9.47 Å². The van der Waals surface area contributed by atoms with E-state index < -0.39 is 0 Å². The Balaban J connectivity index is 1.43. The highest BCUT2D eigenvalue weighted by Gasteiger charge is 2.26. The Bertz CT molecular complexity index is 804. The second kappa shape index (κ2) is 7.96. The molecule has 1 amide bonds. The lowest BCUT2D eigenvalue weighted by Crippen LogP contribution is -2.37. The molecule has 5 nitrogen and oxygen atoms in total. The van der Waals surface area contributed by atoms with Gasteiger partial charge >= 0.3 is 0 Å². The van der Waals surface area contributed by atoms with Gasteiger partial charge in [0.15, 0.2) is 11.5 Å². The molecule has 0 spiro atoms. The molecule has 2 aromatic rings. The van der Waals surface area contributed by atoms with Crippen molar-refractivity contribution < 1.29 is 18.7 Å². The highest BCUT2D eigenvalue weighted by molar-refractivity contribution is 5.78. The maximum atomic E-state index is 13.0. The van der Waals surface area contributed by atoms with Gasteiger partial charge in [0.1, 0.15) is 5.82 Å². The van der Waals surface area contributed by atoms with Crippen LogP contribution in [0.2, 0.25) is 0 Å². The largest absolute Gasteiger partial charge is 0.454 e. The van der Waals surface area contributed by atoms with Crippen LogP contribution in [0.3, 0.4) is 0 Å². The zero-order valence-corrected chi connectivity index (χ0v) is 15.1. The topological polar surface area (TPSA) is 50.8 Å². The number of hydrogen-bond donors (Lipinski definition) is 1. The number of likely N-dealkylation sites (tertiary alicyclic amines) is 1. The minimum absolute atomic E-state index is 0.0634. The van der Waals surface area contributed by atoms with E-state index in [0.717, 1.165) is 35.7 Å². The third-order valence-electron chi connectivity index (χ3n) is 5.13. The van der Waals surface area contributed by atoms with Gasteiger partial charge in [0.05, 0.1) is 12.5 Å². The van der Waals surface area contributed by atoms with Gasteiger partial charge in [0, 0.05) is 6.54 Å². The fourth-order valence-corrected chi connectivity index (χ4v) is 3.69. The summed E-state index contributed by atoms with van der Waals surface area (Å²) >= 11 is 0. The Morgan fingerprint density at radius 3 is 2.59 bits per heavy atom. The standard InChI is InChI=1S/C21H23FN2O3/c22-17-6-3-15(4-7-17)11-21(25)23-13-18(24-9-1-2-10-24)16-5-8-19-20(12-16)27-14-26-19/h3-8,12,18H,1-2,9-11,13-14H2,(H,23,25)/t18-/m1/s1. The summed E-state index contributed by atoms with van der Waals surface area (Å²) in [5, 5.41) is 3.04. The van der Waals surface area contributed by atoms with Crippen molar-refractivity contribution in [3.05, 3.63) is 59.4 Å². The summed E-state index contributed by atoms with van der Waals surface area (Å²) in [4.78, 5) is 14.8. The molecule has 2 aliphatic heterocycles. The van der Waals surface area contributed by atoms with Gasteiger partial charge in [0.25, 0.3) is 0 Å². The summed E-state index contributed by atoms with van der Waals surface area (Å²) < 4.78 is 23.9. The Kier molecular flexibility index (Phi) is 5.25. The molecule has 1 fully saturated rings. The smallest absolute Gasteiger partial charge is 0.231 e. The molecule has 0 unspecified atom stereocenters. The SMILES string of the molecule is O=C(Cc1ccc(F)cc1)NC[C@H](c1ccc2c(c1)OCO2)N1CCCC1. The van der Waals surface area contributed by atoms with Crippen LogP contribution in [0.4, 0.5) is 4.39 Å². The Labute approximate surface area is 158 Å². The van der Waals surface area contributed by atoms with Crippen molar-refractivity contribution >= 4 is 5.91 Å². The Hall–Kier alpha value is -2.60. The maximum absolute atomic E-state index is 13.0. The summed E-state index contributed by atoms with van der Waals surface area (Å²) in [5.74, 6) is 1.16. The second-order valence-corrected chi connectivity index (χ2v) is 6.98. The number of fused-ring (bicyclic) bond motifs is 1. The van der Waals surface area contributed by atoms with Crippen molar-refractivity contribution in [2.45, 2.75) is 25.3 Å². The summed E-state index contributed by atoms with van der Waals surface area (Å²) in [7, 11) is 0. The molecule has 0 radical (unpaired) electrons. The van der Waals surface area contributed by atoms with Crippen LogP contribution < -0.4 is 14.8 Å². The quantitative estimate of drug-likeness (QED) is 0.849. The van der Waals surface area contributed by atoms with E-state index in [0.29, 0.717) is 6.54 Å². The highest BCUT2D eigenvalue weighted by Crippen LogP contribution is 2.36. The second-order valence-electron chi connectivity index (χ2n) is 6.98. The van der Waals surface area contributed by atoms with Crippen molar-refractivity contribution in [1.29, 1.82) is 0 Å². The van der Waals surface area contributed by atoms with E-state index >= 15 is 0 Å². The van der Waals surface area contributed by atoms with Gasteiger partial charge in [-0.3, -0.25) is 9.69 Å². The molecule has 0 saturated carbocycles. The Morgan fingerprint density at radius 1 is 1.07 bits per heavy atom. The number of nitrogens with zero attached hydrogens (tertiary/aromatic N) is 1. The minimum Gasteiger partial charge on any atom is -0.454 e.